The number of alkyl halides is 3. The van der Waals surface area contributed by atoms with E-state index in [2.05, 4.69) is 19.9 Å². The summed E-state index contributed by atoms with van der Waals surface area (Å²) < 4.78 is 37.5. The lowest BCUT2D eigenvalue weighted by atomic mass is 10.2. The number of halogens is 3. The van der Waals surface area contributed by atoms with E-state index in [1.54, 1.807) is 30.5 Å². The van der Waals surface area contributed by atoms with Gasteiger partial charge in [0.05, 0.1) is 16.9 Å². The monoisotopic (exact) mass is 264 g/mol. The lowest BCUT2D eigenvalue weighted by molar-refractivity contribution is -0.144. The molecule has 0 aliphatic rings. The largest absolute Gasteiger partial charge is 0.449 e. The number of hydrogen-bond acceptors (Lipinski definition) is 3. The van der Waals surface area contributed by atoms with E-state index in [0.29, 0.717) is 11.4 Å². The Balaban J connectivity index is 2.11. The van der Waals surface area contributed by atoms with Gasteiger partial charge >= 0.3 is 6.18 Å². The van der Waals surface area contributed by atoms with Crippen molar-refractivity contribution in [1.29, 1.82) is 0 Å². The van der Waals surface area contributed by atoms with Crippen LogP contribution in [0.25, 0.3) is 22.6 Å². The summed E-state index contributed by atoms with van der Waals surface area (Å²) in [5.41, 5.74) is 1.33. The maximum Gasteiger partial charge on any atom is 0.449 e. The number of imidazole rings is 1. The zero-order valence-corrected chi connectivity index (χ0v) is 9.44. The van der Waals surface area contributed by atoms with Gasteiger partial charge in [-0.3, -0.25) is 4.98 Å². The number of rotatable bonds is 1. The summed E-state index contributed by atoms with van der Waals surface area (Å²) in [6, 6.07) is 8.36. The van der Waals surface area contributed by atoms with Crippen LogP contribution in [-0.2, 0) is 6.18 Å². The molecule has 0 saturated heterocycles. The van der Waals surface area contributed by atoms with Gasteiger partial charge in [-0.1, -0.05) is 6.07 Å². The lowest BCUT2D eigenvalue weighted by Gasteiger charge is -1.98. The van der Waals surface area contributed by atoms with Crippen LogP contribution in [0.3, 0.4) is 0 Å². The molecule has 0 radical (unpaired) electrons. The van der Waals surface area contributed by atoms with Gasteiger partial charge in [-0.05, 0) is 24.3 Å². The Kier molecular flexibility index (Phi) is 2.48. The number of aromatic nitrogens is 4. The molecule has 7 heteroatoms. The second-order valence-corrected chi connectivity index (χ2v) is 3.87. The molecule has 0 fully saturated rings. The number of fused-ring (bicyclic) bond motifs is 1. The van der Waals surface area contributed by atoms with Gasteiger partial charge in [-0.15, -0.1) is 0 Å². The molecule has 0 aromatic carbocycles. The topological polar surface area (TPSA) is 54.5 Å². The molecule has 3 rings (SSSR count). The van der Waals surface area contributed by atoms with Gasteiger partial charge < -0.3 is 4.98 Å². The average molecular weight is 264 g/mol. The van der Waals surface area contributed by atoms with E-state index in [4.69, 9.17) is 0 Å². The van der Waals surface area contributed by atoms with Gasteiger partial charge in [0.15, 0.2) is 5.65 Å². The predicted molar refractivity (Wildman–Crippen MR) is 62.1 cm³/mol. The fourth-order valence-electron chi connectivity index (χ4n) is 1.68. The average Bonchev–Trinajstić information content (AvgIpc) is 2.82. The fraction of sp³-hybridized carbons (Fsp3) is 0.0833. The third-order valence-corrected chi connectivity index (χ3v) is 2.54. The zero-order chi connectivity index (χ0) is 13.5. The molecule has 3 aromatic rings. The van der Waals surface area contributed by atoms with Crippen LogP contribution < -0.4 is 0 Å². The van der Waals surface area contributed by atoms with Crippen molar-refractivity contribution in [2.75, 3.05) is 0 Å². The SMILES string of the molecule is FC(F)(F)c1nc2nc(-c3ccccn3)ccc2[nH]1. The Bertz CT molecular complexity index is 719. The van der Waals surface area contributed by atoms with Gasteiger partial charge in [0.25, 0.3) is 0 Å². The van der Waals surface area contributed by atoms with Gasteiger partial charge in [-0.25, -0.2) is 9.97 Å². The first kappa shape index (κ1) is 11.6. The first-order chi connectivity index (χ1) is 9.04. The fourth-order valence-corrected chi connectivity index (χ4v) is 1.68. The quantitative estimate of drug-likeness (QED) is 0.735. The second-order valence-electron chi connectivity index (χ2n) is 3.87. The van der Waals surface area contributed by atoms with Crippen molar-refractivity contribution in [3.8, 4) is 11.4 Å². The van der Waals surface area contributed by atoms with Crippen molar-refractivity contribution in [3.05, 3.63) is 42.4 Å². The van der Waals surface area contributed by atoms with Crippen molar-refractivity contribution >= 4 is 11.2 Å². The third kappa shape index (κ3) is 2.14. The normalized spacial score (nSPS) is 11.9. The van der Waals surface area contributed by atoms with Crippen LogP contribution in [0.1, 0.15) is 5.82 Å². The summed E-state index contributed by atoms with van der Waals surface area (Å²) in [4.78, 5) is 13.8. The number of H-pyrrole nitrogens is 1. The van der Waals surface area contributed by atoms with Gasteiger partial charge in [0.2, 0.25) is 5.82 Å². The van der Waals surface area contributed by atoms with Crippen LogP contribution in [0.15, 0.2) is 36.5 Å². The number of hydrogen-bond donors (Lipinski definition) is 1. The Hall–Kier alpha value is -2.44. The molecule has 0 aliphatic heterocycles. The van der Waals surface area contributed by atoms with Crippen LogP contribution in [0, 0.1) is 0 Å². The molecule has 0 spiro atoms. The first-order valence-corrected chi connectivity index (χ1v) is 5.39. The molecule has 0 amide bonds. The maximum atomic E-state index is 12.5. The Labute approximate surface area is 105 Å². The molecular weight excluding hydrogens is 257 g/mol. The number of nitrogens with zero attached hydrogens (tertiary/aromatic N) is 3. The summed E-state index contributed by atoms with van der Waals surface area (Å²) in [5, 5.41) is 0. The molecule has 19 heavy (non-hydrogen) atoms. The standard InChI is InChI=1S/C12H7F3N4/c13-12(14,15)11-18-9-5-4-8(17-10(9)19-11)7-3-1-2-6-16-7/h1-6H,(H,17,18,19). The third-order valence-electron chi connectivity index (χ3n) is 2.54. The van der Waals surface area contributed by atoms with Gasteiger partial charge in [0.1, 0.15) is 0 Å². The van der Waals surface area contributed by atoms with Crippen molar-refractivity contribution in [1.82, 2.24) is 19.9 Å². The van der Waals surface area contributed by atoms with Crippen molar-refractivity contribution in [3.63, 3.8) is 0 Å². The molecule has 1 N–H and O–H groups in total. The molecule has 3 aromatic heterocycles. The van der Waals surface area contributed by atoms with Crippen LogP contribution in [0.5, 0.6) is 0 Å². The van der Waals surface area contributed by atoms with Crippen LogP contribution >= 0.6 is 0 Å². The molecule has 0 unspecified atom stereocenters. The maximum absolute atomic E-state index is 12.5. The van der Waals surface area contributed by atoms with E-state index in [9.17, 15) is 13.2 Å². The van der Waals surface area contributed by atoms with E-state index >= 15 is 0 Å². The molecule has 0 bridgehead atoms. The van der Waals surface area contributed by atoms with Crippen LogP contribution in [0.4, 0.5) is 13.2 Å². The first-order valence-electron chi connectivity index (χ1n) is 5.39. The van der Waals surface area contributed by atoms with E-state index < -0.39 is 12.0 Å². The molecule has 0 aliphatic carbocycles. The lowest BCUT2D eigenvalue weighted by Crippen LogP contribution is -2.06. The summed E-state index contributed by atoms with van der Waals surface area (Å²) in [7, 11) is 0. The van der Waals surface area contributed by atoms with E-state index in [-0.39, 0.29) is 11.2 Å². The summed E-state index contributed by atoms with van der Waals surface area (Å²) in [5.74, 6) is -1.05. The van der Waals surface area contributed by atoms with Crippen molar-refractivity contribution in [2.24, 2.45) is 0 Å². The predicted octanol–water partition coefficient (Wildman–Crippen LogP) is 3.04. The Morgan fingerprint density at radius 1 is 0.947 bits per heavy atom. The molecule has 96 valence electrons. The Morgan fingerprint density at radius 2 is 1.79 bits per heavy atom. The molecule has 4 nitrogen and oxygen atoms in total. The molecule has 0 saturated carbocycles. The minimum atomic E-state index is -4.51. The van der Waals surface area contributed by atoms with Crippen LogP contribution in [-0.4, -0.2) is 19.9 Å². The zero-order valence-electron chi connectivity index (χ0n) is 9.44. The summed E-state index contributed by atoms with van der Waals surface area (Å²) >= 11 is 0. The summed E-state index contributed by atoms with van der Waals surface area (Å²) in [6.07, 6.45) is -2.92. The van der Waals surface area contributed by atoms with E-state index in [1.807, 2.05) is 0 Å². The van der Waals surface area contributed by atoms with Gasteiger partial charge in [-0.2, -0.15) is 13.2 Å². The minimum Gasteiger partial charge on any atom is -0.333 e. The second kappa shape index (κ2) is 4.04. The van der Waals surface area contributed by atoms with Crippen molar-refractivity contribution < 1.29 is 13.2 Å². The molecule has 0 atom stereocenters. The highest BCUT2D eigenvalue weighted by Gasteiger charge is 2.34. The highest BCUT2D eigenvalue weighted by atomic mass is 19.4. The number of pyridine rings is 2. The molecular formula is C12H7F3N4. The number of aromatic amines is 1. The van der Waals surface area contributed by atoms with Crippen LogP contribution in [0.2, 0.25) is 0 Å². The van der Waals surface area contributed by atoms with Crippen molar-refractivity contribution in [2.45, 2.75) is 6.18 Å². The summed E-state index contributed by atoms with van der Waals surface area (Å²) in [6.45, 7) is 0. The minimum absolute atomic E-state index is 0.0236. The number of nitrogens with one attached hydrogen (secondary N) is 1. The van der Waals surface area contributed by atoms with Gasteiger partial charge in [0, 0.05) is 6.20 Å². The highest BCUT2D eigenvalue weighted by molar-refractivity contribution is 5.74. The highest BCUT2D eigenvalue weighted by Crippen LogP contribution is 2.28. The van der Waals surface area contributed by atoms with E-state index in [0.717, 1.165) is 0 Å². The molecule has 3 heterocycles. The Morgan fingerprint density at radius 3 is 2.47 bits per heavy atom. The van der Waals surface area contributed by atoms with E-state index in [1.165, 1.54) is 6.07 Å². The smallest absolute Gasteiger partial charge is 0.333 e.